The fourth-order valence-electron chi connectivity index (χ4n) is 1.92. The summed E-state index contributed by atoms with van der Waals surface area (Å²) in [5.41, 5.74) is -0.224. The van der Waals surface area contributed by atoms with Crippen molar-refractivity contribution in [1.82, 2.24) is 10.6 Å². The monoisotopic (exact) mass is 311 g/mol. The molecule has 1 amide bonds. The highest BCUT2D eigenvalue weighted by atomic mass is 16.6. The lowest BCUT2D eigenvalue weighted by Crippen LogP contribution is -2.41. The maximum Gasteiger partial charge on any atom is 0.408 e. The molecule has 0 fully saturated rings. The Hall–Kier alpha value is -2.05. The van der Waals surface area contributed by atoms with E-state index < -0.39 is 17.7 Å². The zero-order valence-corrected chi connectivity index (χ0v) is 13.8. The molecule has 0 saturated carbocycles. The predicted octanol–water partition coefficient (Wildman–Crippen LogP) is 1.69. The van der Waals surface area contributed by atoms with Crippen LogP contribution in [0.3, 0.4) is 0 Å². The first-order chi connectivity index (χ1) is 10.1. The molecule has 0 bridgehead atoms. The normalized spacial score (nSPS) is 21.9. The Labute approximate surface area is 130 Å². The minimum atomic E-state index is -0.918. The number of carboxylic acids is 1. The summed E-state index contributed by atoms with van der Waals surface area (Å²) in [6.45, 7) is 9.17. The van der Waals surface area contributed by atoms with E-state index in [1.54, 1.807) is 33.8 Å². The SMILES string of the molecule is C/C(=C\CC1NC(CNC(=O)OC(C)(C)C)=NC1C)C(=O)O. The van der Waals surface area contributed by atoms with Gasteiger partial charge in [-0.3, -0.25) is 4.99 Å². The molecule has 0 aromatic heterocycles. The molecule has 0 spiro atoms. The number of aliphatic carboxylic acids is 1. The summed E-state index contributed by atoms with van der Waals surface area (Å²) >= 11 is 0. The van der Waals surface area contributed by atoms with Gasteiger partial charge in [0.1, 0.15) is 11.4 Å². The fraction of sp³-hybridized carbons (Fsp3) is 0.667. The van der Waals surface area contributed by atoms with E-state index in [-0.39, 0.29) is 18.6 Å². The first kappa shape index (κ1) is 18.0. The van der Waals surface area contributed by atoms with Crippen molar-refractivity contribution in [2.45, 2.75) is 58.7 Å². The molecule has 22 heavy (non-hydrogen) atoms. The summed E-state index contributed by atoms with van der Waals surface area (Å²) in [6, 6.07) is 0.0537. The van der Waals surface area contributed by atoms with Crippen molar-refractivity contribution in [2.24, 2.45) is 4.99 Å². The van der Waals surface area contributed by atoms with Crippen molar-refractivity contribution in [2.75, 3.05) is 6.54 Å². The van der Waals surface area contributed by atoms with Gasteiger partial charge in [0.05, 0.1) is 18.6 Å². The molecular formula is C15H25N3O4. The minimum Gasteiger partial charge on any atom is -0.478 e. The lowest BCUT2D eigenvalue weighted by molar-refractivity contribution is -0.132. The van der Waals surface area contributed by atoms with E-state index in [9.17, 15) is 9.59 Å². The van der Waals surface area contributed by atoms with Gasteiger partial charge in [-0.2, -0.15) is 0 Å². The summed E-state index contributed by atoms with van der Waals surface area (Å²) < 4.78 is 5.15. The van der Waals surface area contributed by atoms with Crippen LogP contribution in [0.15, 0.2) is 16.6 Å². The number of ether oxygens (including phenoxy) is 1. The highest BCUT2D eigenvalue weighted by molar-refractivity contribution is 5.89. The molecule has 3 N–H and O–H groups in total. The number of aliphatic imine (C=N–C) groups is 1. The molecule has 1 aliphatic heterocycles. The lowest BCUT2D eigenvalue weighted by atomic mass is 10.1. The van der Waals surface area contributed by atoms with Crippen molar-refractivity contribution < 1.29 is 19.4 Å². The molecule has 0 radical (unpaired) electrons. The number of amidine groups is 1. The molecule has 0 saturated heterocycles. The van der Waals surface area contributed by atoms with Gasteiger partial charge >= 0.3 is 12.1 Å². The topological polar surface area (TPSA) is 100 Å². The van der Waals surface area contributed by atoms with Gasteiger partial charge in [-0.25, -0.2) is 9.59 Å². The van der Waals surface area contributed by atoms with E-state index in [4.69, 9.17) is 9.84 Å². The number of carboxylic acid groups (broad SMARTS) is 1. The highest BCUT2D eigenvalue weighted by Gasteiger charge is 2.25. The fourth-order valence-corrected chi connectivity index (χ4v) is 1.92. The number of carbonyl (C=O) groups excluding carboxylic acids is 1. The Kier molecular flexibility index (Phi) is 5.96. The van der Waals surface area contributed by atoms with Crippen LogP contribution in [0.4, 0.5) is 4.79 Å². The van der Waals surface area contributed by atoms with Crippen LogP contribution in [0.2, 0.25) is 0 Å². The summed E-state index contributed by atoms with van der Waals surface area (Å²) in [4.78, 5) is 26.8. The van der Waals surface area contributed by atoms with Gasteiger partial charge in [0.15, 0.2) is 0 Å². The zero-order valence-electron chi connectivity index (χ0n) is 13.8. The number of rotatable bonds is 5. The molecule has 0 aliphatic carbocycles. The Bertz CT molecular complexity index is 492. The highest BCUT2D eigenvalue weighted by Crippen LogP contribution is 2.12. The van der Waals surface area contributed by atoms with Crippen LogP contribution < -0.4 is 10.6 Å². The molecule has 1 rings (SSSR count). The van der Waals surface area contributed by atoms with E-state index >= 15 is 0 Å². The average molecular weight is 311 g/mol. The number of nitrogens with one attached hydrogen (secondary N) is 2. The number of alkyl carbamates (subject to hydrolysis) is 1. The molecule has 0 aromatic rings. The summed E-state index contributed by atoms with van der Waals surface area (Å²) in [5.74, 6) is -0.247. The molecule has 7 nitrogen and oxygen atoms in total. The first-order valence-corrected chi connectivity index (χ1v) is 7.28. The van der Waals surface area contributed by atoms with Gasteiger partial charge in [0.25, 0.3) is 0 Å². The van der Waals surface area contributed by atoms with Crippen LogP contribution >= 0.6 is 0 Å². The van der Waals surface area contributed by atoms with E-state index in [1.807, 2.05) is 6.92 Å². The molecule has 2 unspecified atom stereocenters. The Morgan fingerprint density at radius 2 is 2.09 bits per heavy atom. The van der Waals surface area contributed by atoms with Crippen molar-refractivity contribution in [1.29, 1.82) is 0 Å². The van der Waals surface area contributed by atoms with Gasteiger partial charge in [0.2, 0.25) is 0 Å². The molecule has 0 aromatic carbocycles. The average Bonchev–Trinajstić information content (AvgIpc) is 2.72. The summed E-state index contributed by atoms with van der Waals surface area (Å²) in [6.07, 6.45) is 1.75. The van der Waals surface area contributed by atoms with Crippen molar-refractivity contribution >= 4 is 17.9 Å². The van der Waals surface area contributed by atoms with Crippen LogP contribution in [0, 0.1) is 0 Å². The summed E-state index contributed by atoms with van der Waals surface area (Å²) in [5, 5.41) is 14.7. The quantitative estimate of drug-likeness (QED) is 0.671. The smallest absolute Gasteiger partial charge is 0.408 e. The van der Waals surface area contributed by atoms with Gasteiger partial charge in [0, 0.05) is 5.57 Å². The third kappa shape index (κ3) is 6.15. The van der Waals surface area contributed by atoms with Crippen LogP contribution in [-0.2, 0) is 9.53 Å². The second-order valence-electron chi connectivity index (χ2n) is 6.35. The Morgan fingerprint density at radius 3 is 2.64 bits per heavy atom. The second kappa shape index (κ2) is 7.29. The minimum absolute atomic E-state index is 0.0216. The van der Waals surface area contributed by atoms with Crippen LogP contribution in [0.25, 0.3) is 0 Å². The Balaban J connectivity index is 2.43. The first-order valence-electron chi connectivity index (χ1n) is 7.28. The van der Waals surface area contributed by atoms with E-state index in [1.165, 1.54) is 0 Å². The van der Waals surface area contributed by atoms with Crippen molar-refractivity contribution in [3.63, 3.8) is 0 Å². The van der Waals surface area contributed by atoms with Gasteiger partial charge in [-0.05, 0) is 41.0 Å². The van der Waals surface area contributed by atoms with E-state index in [0.29, 0.717) is 17.8 Å². The number of hydrogen-bond acceptors (Lipinski definition) is 5. The molecule has 2 atom stereocenters. The van der Waals surface area contributed by atoms with Crippen LogP contribution in [0.1, 0.15) is 41.0 Å². The number of carbonyl (C=O) groups is 2. The third-order valence-electron chi connectivity index (χ3n) is 3.11. The van der Waals surface area contributed by atoms with Gasteiger partial charge in [-0.1, -0.05) is 6.08 Å². The third-order valence-corrected chi connectivity index (χ3v) is 3.11. The van der Waals surface area contributed by atoms with E-state index in [0.717, 1.165) is 0 Å². The van der Waals surface area contributed by atoms with Crippen LogP contribution in [-0.4, -0.2) is 47.2 Å². The standard InChI is InChI=1S/C15H25N3O4/c1-9(13(19)20)6-7-11-10(2)17-12(18-11)8-16-14(21)22-15(3,4)5/h6,10-11H,7-8H2,1-5H3,(H,16,21)(H,17,18)(H,19,20)/b9-6+. The second-order valence-corrected chi connectivity index (χ2v) is 6.35. The summed E-state index contributed by atoms with van der Waals surface area (Å²) in [7, 11) is 0. The maximum atomic E-state index is 11.6. The largest absolute Gasteiger partial charge is 0.478 e. The molecular weight excluding hydrogens is 286 g/mol. The maximum absolute atomic E-state index is 11.6. The Morgan fingerprint density at radius 1 is 1.45 bits per heavy atom. The molecule has 1 heterocycles. The molecule has 1 aliphatic rings. The number of nitrogens with zero attached hydrogens (tertiary/aromatic N) is 1. The van der Waals surface area contributed by atoms with Crippen LogP contribution in [0.5, 0.6) is 0 Å². The lowest BCUT2D eigenvalue weighted by Gasteiger charge is -2.19. The van der Waals surface area contributed by atoms with Gasteiger partial charge in [-0.15, -0.1) is 0 Å². The molecule has 7 heteroatoms. The molecule has 124 valence electrons. The van der Waals surface area contributed by atoms with Crippen molar-refractivity contribution in [3.05, 3.63) is 11.6 Å². The van der Waals surface area contributed by atoms with Gasteiger partial charge < -0.3 is 20.5 Å². The number of hydrogen-bond donors (Lipinski definition) is 3. The zero-order chi connectivity index (χ0) is 16.9. The number of amides is 1. The van der Waals surface area contributed by atoms with Crippen molar-refractivity contribution in [3.8, 4) is 0 Å². The van der Waals surface area contributed by atoms with E-state index in [2.05, 4.69) is 15.6 Å². The predicted molar refractivity (Wildman–Crippen MR) is 84.1 cm³/mol.